The first-order valence-electron chi connectivity index (χ1n) is 11.8. The minimum atomic E-state index is -1.13. The van der Waals surface area contributed by atoms with Gasteiger partial charge in [0.1, 0.15) is 17.2 Å². The van der Waals surface area contributed by atoms with E-state index < -0.39 is 34.9 Å². The van der Waals surface area contributed by atoms with Gasteiger partial charge in [0.15, 0.2) is 0 Å². The molecule has 1 aromatic rings. The summed E-state index contributed by atoms with van der Waals surface area (Å²) in [6, 6.07) is 0. The number of thioether (sulfide) groups is 1. The number of aromatic nitrogens is 3. The molecule has 0 aromatic carbocycles. The van der Waals surface area contributed by atoms with Crippen molar-refractivity contribution in [3.63, 3.8) is 0 Å². The first-order chi connectivity index (χ1) is 17.0. The Hall–Kier alpha value is -3.09. The third-order valence-corrected chi connectivity index (χ3v) is 7.16. The third kappa shape index (κ3) is 6.37. The van der Waals surface area contributed by atoms with E-state index in [-0.39, 0.29) is 42.8 Å². The van der Waals surface area contributed by atoms with Gasteiger partial charge in [-0.1, -0.05) is 17.8 Å². The number of amides is 2. The normalized spacial score (nSPS) is 26.7. The summed E-state index contributed by atoms with van der Waals surface area (Å²) < 4.78 is 15.8. The van der Waals surface area contributed by atoms with Crippen LogP contribution in [0.4, 0.5) is 4.79 Å². The zero-order valence-electron chi connectivity index (χ0n) is 21.0. The van der Waals surface area contributed by atoms with Crippen molar-refractivity contribution in [2.24, 2.45) is 23.2 Å². The van der Waals surface area contributed by atoms with Crippen molar-refractivity contribution in [3.8, 4) is 0 Å². The van der Waals surface area contributed by atoms with Crippen molar-refractivity contribution in [1.29, 1.82) is 0 Å². The largest absolute Gasteiger partial charge is 0.466 e. The van der Waals surface area contributed by atoms with Crippen LogP contribution in [0.1, 0.15) is 41.0 Å². The van der Waals surface area contributed by atoms with Crippen LogP contribution in [0.15, 0.2) is 23.5 Å². The predicted molar refractivity (Wildman–Crippen MR) is 128 cm³/mol. The summed E-state index contributed by atoms with van der Waals surface area (Å²) in [6.45, 7) is 8.69. The van der Waals surface area contributed by atoms with Crippen LogP contribution in [-0.4, -0.2) is 70.0 Å². The highest BCUT2D eigenvalue weighted by Gasteiger charge is 2.74. The van der Waals surface area contributed by atoms with Gasteiger partial charge in [-0.05, 0) is 52.9 Å². The number of nitrogens with one attached hydrogen (secondary N) is 3. The Labute approximate surface area is 213 Å². The number of aromatic amines is 1. The van der Waals surface area contributed by atoms with Gasteiger partial charge in [0, 0.05) is 11.4 Å². The van der Waals surface area contributed by atoms with Gasteiger partial charge in [-0.15, -0.1) is 5.10 Å². The highest BCUT2D eigenvalue weighted by Crippen LogP contribution is 2.70. The molecular formula is C23H33N5O7S. The molecule has 2 fully saturated rings. The number of H-pyrrole nitrogens is 1. The molecule has 5 atom stereocenters. The molecule has 0 radical (unpaired) electrons. The second-order valence-electron chi connectivity index (χ2n) is 9.57. The second kappa shape index (κ2) is 11.3. The van der Waals surface area contributed by atoms with Crippen LogP contribution in [0.3, 0.4) is 0 Å². The van der Waals surface area contributed by atoms with Crippen molar-refractivity contribution in [2.45, 2.75) is 56.9 Å². The molecule has 2 aliphatic rings. The van der Waals surface area contributed by atoms with Crippen LogP contribution >= 0.6 is 11.8 Å². The van der Waals surface area contributed by atoms with E-state index >= 15 is 0 Å². The summed E-state index contributed by atoms with van der Waals surface area (Å²) in [4.78, 5) is 50.0. The Balaban J connectivity index is 1.75. The van der Waals surface area contributed by atoms with E-state index in [0.717, 1.165) is 0 Å². The minimum Gasteiger partial charge on any atom is -0.466 e. The highest BCUT2D eigenvalue weighted by atomic mass is 32.2. The van der Waals surface area contributed by atoms with E-state index in [9.17, 15) is 19.2 Å². The Morgan fingerprint density at radius 2 is 1.94 bits per heavy atom. The summed E-state index contributed by atoms with van der Waals surface area (Å²) in [5.74, 6) is -2.26. The zero-order chi connectivity index (χ0) is 26.5. The number of ether oxygens (including phenoxy) is 3. The predicted octanol–water partition coefficient (Wildman–Crippen LogP) is 1.80. The van der Waals surface area contributed by atoms with Gasteiger partial charge in [0.05, 0.1) is 30.7 Å². The van der Waals surface area contributed by atoms with Crippen molar-refractivity contribution in [2.75, 3.05) is 19.8 Å². The second-order valence-corrected chi connectivity index (χ2v) is 10.8. The van der Waals surface area contributed by atoms with E-state index in [1.165, 1.54) is 18.0 Å². The number of hydrogen-bond donors (Lipinski definition) is 3. The van der Waals surface area contributed by atoms with Crippen LogP contribution in [0, 0.1) is 23.2 Å². The van der Waals surface area contributed by atoms with Gasteiger partial charge in [0.25, 0.3) is 0 Å². The number of esters is 2. The quantitative estimate of drug-likeness (QED) is 0.304. The van der Waals surface area contributed by atoms with Crippen LogP contribution in [0.2, 0.25) is 0 Å². The van der Waals surface area contributed by atoms with E-state index in [2.05, 4.69) is 26.0 Å². The molecule has 198 valence electrons. The van der Waals surface area contributed by atoms with E-state index in [4.69, 9.17) is 14.2 Å². The maximum atomic E-state index is 13.2. The molecule has 0 saturated heterocycles. The topological polar surface area (TPSA) is 162 Å². The number of nitrogens with zero attached hydrogens (tertiary/aromatic N) is 2. The lowest BCUT2D eigenvalue weighted by Crippen LogP contribution is -2.39. The molecule has 12 nitrogen and oxygen atoms in total. The van der Waals surface area contributed by atoms with Gasteiger partial charge in [-0.2, -0.15) is 10.3 Å². The Morgan fingerprint density at radius 1 is 1.22 bits per heavy atom. The SMILES string of the molecule is CCOC(=O)[C@H]1[C@@H]2C(Sc3cn[nH]n3)C[C@@](/C=C/NC(=O)CNC(=O)OC(C)(C)C)(C(=O)OCC)[C@H]12. The van der Waals surface area contributed by atoms with Crippen LogP contribution in [0.5, 0.6) is 0 Å². The average molecular weight is 524 g/mol. The molecule has 0 bridgehead atoms. The highest BCUT2D eigenvalue weighted by molar-refractivity contribution is 7.99. The van der Waals surface area contributed by atoms with Gasteiger partial charge in [0.2, 0.25) is 5.91 Å². The summed E-state index contributed by atoms with van der Waals surface area (Å²) in [6.07, 6.45) is 4.22. The monoisotopic (exact) mass is 523 g/mol. The lowest BCUT2D eigenvalue weighted by Gasteiger charge is -2.28. The number of hydrogen-bond acceptors (Lipinski definition) is 10. The van der Waals surface area contributed by atoms with Gasteiger partial charge in [-0.3, -0.25) is 14.4 Å². The summed E-state index contributed by atoms with van der Waals surface area (Å²) in [5.41, 5.74) is -1.82. The Bertz CT molecular complexity index is 993. The molecule has 3 rings (SSSR count). The molecule has 13 heteroatoms. The Morgan fingerprint density at radius 3 is 2.56 bits per heavy atom. The maximum Gasteiger partial charge on any atom is 0.408 e. The van der Waals surface area contributed by atoms with Crippen molar-refractivity contribution >= 4 is 35.7 Å². The number of carbonyl (C=O) groups is 4. The zero-order valence-corrected chi connectivity index (χ0v) is 21.8. The van der Waals surface area contributed by atoms with Crippen LogP contribution in [-0.2, 0) is 28.6 Å². The fourth-order valence-corrected chi connectivity index (χ4v) is 6.04. The molecule has 3 N–H and O–H groups in total. The van der Waals surface area contributed by atoms with Crippen molar-refractivity contribution < 1.29 is 33.4 Å². The Kier molecular flexibility index (Phi) is 8.64. The molecule has 1 aromatic heterocycles. The van der Waals surface area contributed by atoms with Gasteiger partial charge >= 0.3 is 18.0 Å². The smallest absolute Gasteiger partial charge is 0.408 e. The number of fused-ring (bicyclic) bond motifs is 1. The van der Waals surface area contributed by atoms with E-state index in [1.807, 2.05) is 0 Å². The fraction of sp³-hybridized carbons (Fsp3) is 0.652. The van der Waals surface area contributed by atoms with E-state index in [0.29, 0.717) is 11.4 Å². The summed E-state index contributed by atoms with van der Waals surface area (Å²) in [7, 11) is 0. The summed E-state index contributed by atoms with van der Waals surface area (Å²) >= 11 is 1.44. The lowest BCUT2D eigenvalue weighted by atomic mass is 9.80. The molecule has 2 amide bonds. The molecular weight excluding hydrogens is 490 g/mol. The number of alkyl carbamates (subject to hydrolysis) is 1. The number of carbonyl (C=O) groups excluding carboxylic acids is 4. The van der Waals surface area contributed by atoms with Crippen LogP contribution in [0.25, 0.3) is 0 Å². The van der Waals surface area contributed by atoms with Gasteiger partial charge < -0.3 is 24.8 Å². The minimum absolute atomic E-state index is 0.118. The first kappa shape index (κ1) is 27.5. The van der Waals surface area contributed by atoms with E-state index in [1.54, 1.807) is 46.9 Å². The average Bonchev–Trinajstić information content (AvgIpc) is 3.17. The maximum absolute atomic E-state index is 13.2. The molecule has 0 spiro atoms. The van der Waals surface area contributed by atoms with Gasteiger partial charge in [-0.25, -0.2) is 4.79 Å². The summed E-state index contributed by atoms with van der Waals surface area (Å²) in [5, 5.41) is 16.0. The molecule has 0 aliphatic heterocycles. The van der Waals surface area contributed by atoms with Crippen molar-refractivity contribution in [3.05, 3.63) is 18.5 Å². The molecule has 2 saturated carbocycles. The molecule has 1 unspecified atom stereocenters. The standard InChI is InChI=1S/C23H33N5O7S/c1-6-33-19(30)17-16-13(36-15-12-26-28-27-15)10-23(18(16)17,20(31)34-7-2)8-9-24-14(29)11-25-21(32)35-22(3,4)5/h8-9,12-13,16-18H,6-7,10-11H2,1-5H3,(H,24,29)(H,25,32)(H,26,27,28)/b9-8+/t13?,16-,17-,18-,23+/m0/s1. The first-order valence-corrected chi connectivity index (χ1v) is 12.7. The van der Waals surface area contributed by atoms with Crippen molar-refractivity contribution in [1.82, 2.24) is 26.0 Å². The molecule has 36 heavy (non-hydrogen) atoms. The number of rotatable bonds is 10. The third-order valence-electron chi connectivity index (χ3n) is 5.93. The van der Waals surface area contributed by atoms with Crippen LogP contribution < -0.4 is 10.6 Å². The fourth-order valence-electron chi connectivity index (χ4n) is 4.66. The lowest BCUT2D eigenvalue weighted by molar-refractivity contribution is -0.154. The molecule has 2 aliphatic carbocycles. The molecule has 1 heterocycles.